The number of benzene rings is 1. The molecule has 0 aliphatic heterocycles. The Morgan fingerprint density at radius 2 is 1.77 bits per heavy atom. The number of anilines is 2. The molecule has 3 amide bonds. The lowest BCUT2D eigenvalue weighted by molar-refractivity contribution is -0.123. The Hall–Kier alpha value is -3.66. The largest absolute Gasteiger partial charge is 0.464 e. The number of primary amides is 1. The fraction of sp³-hybridized carbons (Fsp3) is 0.360. The van der Waals surface area contributed by atoms with Crippen LogP contribution in [0.4, 0.5) is 11.4 Å². The molecule has 184 valence electrons. The van der Waals surface area contributed by atoms with E-state index in [1.54, 1.807) is 19.1 Å². The Labute approximate surface area is 207 Å². The third kappa shape index (κ3) is 5.07. The van der Waals surface area contributed by atoms with Crippen molar-refractivity contribution in [1.29, 1.82) is 0 Å². The van der Waals surface area contributed by atoms with Crippen LogP contribution in [0, 0.1) is 20.8 Å². The summed E-state index contributed by atoms with van der Waals surface area (Å²) in [6.07, 6.45) is 3.86. The SMILES string of the molecule is Cc1cc(C)cc(N(C(=O)c2snc(C(N)=O)c2N)[C@@H](C(=O)NC2CCCC2)c2ccc(C)o2)c1. The van der Waals surface area contributed by atoms with Gasteiger partial charge < -0.3 is 21.2 Å². The van der Waals surface area contributed by atoms with Crippen molar-refractivity contribution in [2.75, 3.05) is 10.6 Å². The number of carbonyl (C=O) groups is 3. The van der Waals surface area contributed by atoms with Gasteiger partial charge in [0.05, 0.1) is 5.69 Å². The van der Waals surface area contributed by atoms with E-state index in [4.69, 9.17) is 15.9 Å². The number of hydrogen-bond acceptors (Lipinski definition) is 7. The number of nitrogens with two attached hydrogens (primary N) is 2. The number of carbonyl (C=O) groups excluding carboxylic acids is 3. The van der Waals surface area contributed by atoms with Crippen LogP contribution in [0.2, 0.25) is 0 Å². The van der Waals surface area contributed by atoms with Gasteiger partial charge in [0.25, 0.3) is 17.7 Å². The van der Waals surface area contributed by atoms with Crippen LogP contribution in [0.3, 0.4) is 0 Å². The monoisotopic (exact) mass is 495 g/mol. The number of nitrogen functional groups attached to an aromatic ring is 1. The van der Waals surface area contributed by atoms with Crippen LogP contribution < -0.4 is 21.7 Å². The lowest BCUT2D eigenvalue weighted by atomic mass is 10.1. The minimum atomic E-state index is -1.10. The molecule has 1 aliphatic carbocycles. The van der Waals surface area contributed by atoms with E-state index in [0.29, 0.717) is 17.2 Å². The summed E-state index contributed by atoms with van der Waals surface area (Å²) in [6.45, 7) is 5.60. The summed E-state index contributed by atoms with van der Waals surface area (Å²) in [5, 5.41) is 3.10. The van der Waals surface area contributed by atoms with Gasteiger partial charge in [0.2, 0.25) is 0 Å². The number of nitrogens with one attached hydrogen (secondary N) is 1. The van der Waals surface area contributed by atoms with Crippen LogP contribution >= 0.6 is 11.5 Å². The fourth-order valence-corrected chi connectivity index (χ4v) is 5.28. The highest BCUT2D eigenvalue weighted by molar-refractivity contribution is 7.09. The van der Waals surface area contributed by atoms with Crippen LogP contribution in [0.5, 0.6) is 0 Å². The van der Waals surface area contributed by atoms with Gasteiger partial charge in [-0.05, 0) is 80.5 Å². The van der Waals surface area contributed by atoms with Crippen molar-refractivity contribution in [3.05, 3.63) is 63.6 Å². The summed E-state index contributed by atoms with van der Waals surface area (Å²) in [5.74, 6) is -0.813. The van der Waals surface area contributed by atoms with Crippen molar-refractivity contribution in [2.45, 2.75) is 58.5 Å². The number of amides is 3. The lowest BCUT2D eigenvalue weighted by Gasteiger charge is -2.31. The standard InChI is InChI=1S/C25H29N5O4S/c1-13-10-14(2)12-17(11-13)30(25(33)22-19(26)20(23(27)31)29-35-22)21(18-9-8-15(3)34-18)24(32)28-16-6-4-5-7-16/h8-12,16,21H,4-7,26H2,1-3H3,(H2,27,31)(H,28,32)/t21-/m1/s1. The molecule has 1 fully saturated rings. The molecule has 0 radical (unpaired) electrons. The molecule has 1 saturated carbocycles. The molecule has 0 spiro atoms. The van der Waals surface area contributed by atoms with Crippen LogP contribution in [0.1, 0.15) is 74.5 Å². The van der Waals surface area contributed by atoms with E-state index in [9.17, 15) is 14.4 Å². The first-order valence-corrected chi connectivity index (χ1v) is 12.3. The zero-order valence-corrected chi connectivity index (χ0v) is 20.8. The van der Waals surface area contributed by atoms with E-state index < -0.39 is 17.9 Å². The molecule has 9 nitrogen and oxygen atoms in total. The summed E-state index contributed by atoms with van der Waals surface area (Å²) in [6, 6.07) is 8.00. The molecule has 2 heterocycles. The number of aromatic nitrogens is 1. The zero-order chi connectivity index (χ0) is 25.3. The molecule has 1 atom stereocenters. The number of hydrogen-bond donors (Lipinski definition) is 3. The molecule has 10 heteroatoms. The average molecular weight is 496 g/mol. The lowest BCUT2D eigenvalue weighted by Crippen LogP contribution is -2.46. The predicted octanol–water partition coefficient (Wildman–Crippen LogP) is 3.79. The van der Waals surface area contributed by atoms with E-state index in [2.05, 4.69) is 9.69 Å². The van der Waals surface area contributed by atoms with Crippen molar-refractivity contribution in [2.24, 2.45) is 5.73 Å². The minimum absolute atomic E-state index is 0.0277. The molecule has 4 rings (SSSR count). The Morgan fingerprint density at radius 3 is 2.31 bits per heavy atom. The fourth-order valence-electron chi connectivity index (χ4n) is 4.54. The number of rotatable bonds is 7. The Balaban J connectivity index is 1.86. The molecular weight excluding hydrogens is 466 g/mol. The highest BCUT2D eigenvalue weighted by Gasteiger charge is 2.38. The minimum Gasteiger partial charge on any atom is -0.464 e. The van der Waals surface area contributed by atoms with Crippen LogP contribution in [-0.2, 0) is 4.79 Å². The highest BCUT2D eigenvalue weighted by atomic mass is 32.1. The van der Waals surface area contributed by atoms with Gasteiger partial charge in [0.15, 0.2) is 11.7 Å². The first-order valence-electron chi connectivity index (χ1n) is 11.5. The van der Waals surface area contributed by atoms with Gasteiger partial charge in [-0.3, -0.25) is 19.3 Å². The van der Waals surface area contributed by atoms with Crippen LogP contribution in [0.15, 0.2) is 34.7 Å². The van der Waals surface area contributed by atoms with Crippen molar-refractivity contribution < 1.29 is 18.8 Å². The summed E-state index contributed by atoms with van der Waals surface area (Å²) < 4.78 is 9.86. The molecule has 35 heavy (non-hydrogen) atoms. The molecular formula is C25H29N5O4S. The van der Waals surface area contributed by atoms with Gasteiger partial charge in [0.1, 0.15) is 16.4 Å². The topological polar surface area (TPSA) is 145 Å². The Kier molecular flexibility index (Phi) is 6.93. The second-order valence-corrected chi connectivity index (χ2v) is 9.77. The third-order valence-electron chi connectivity index (χ3n) is 6.10. The van der Waals surface area contributed by atoms with Gasteiger partial charge in [-0.25, -0.2) is 0 Å². The second kappa shape index (κ2) is 9.91. The molecule has 5 N–H and O–H groups in total. The summed E-state index contributed by atoms with van der Waals surface area (Å²) in [7, 11) is 0. The maximum atomic E-state index is 14.0. The second-order valence-electron chi connectivity index (χ2n) is 9.00. The quantitative estimate of drug-likeness (QED) is 0.455. The number of aryl methyl sites for hydroxylation is 3. The Bertz CT molecular complexity index is 1250. The molecule has 1 aliphatic rings. The van der Waals surface area contributed by atoms with Crippen molar-refractivity contribution in [1.82, 2.24) is 9.69 Å². The first-order chi connectivity index (χ1) is 16.7. The highest BCUT2D eigenvalue weighted by Crippen LogP contribution is 2.35. The van der Waals surface area contributed by atoms with Crippen LogP contribution in [0.25, 0.3) is 0 Å². The number of nitrogens with zero attached hydrogens (tertiary/aromatic N) is 2. The number of furan rings is 1. The summed E-state index contributed by atoms with van der Waals surface area (Å²) in [5.41, 5.74) is 13.5. The van der Waals surface area contributed by atoms with Gasteiger partial charge >= 0.3 is 0 Å². The van der Waals surface area contributed by atoms with E-state index >= 15 is 0 Å². The van der Waals surface area contributed by atoms with Crippen molar-refractivity contribution in [3.63, 3.8) is 0 Å². The van der Waals surface area contributed by atoms with E-state index in [-0.39, 0.29) is 28.2 Å². The normalized spacial score (nSPS) is 14.6. The van der Waals surface area contributed by atoms with E-state index in [1.807, 2.05) is 32.0 Å². The van der Waals surface area contributed by atoms with Gasteiger partial charge in [0, 0.05) is 11.7 Å². The van der Waals surface area contributed by atoms with Crippen molar-refractivity contribution >= 4 is 40.6 Å². The van der Waals surface area contributed by atoms with E-state index in [0.717, 1.165) is 48.3 Å². The molecule has 3 aromatic rings. The maximum Gasteiger partial charge on any atom is 0.273 e. The first kappa shape index (κ1) is 24.5. The molecule has 2 aromatic heterocycles. The molecule has 0 bridgehead atoms. The molecule has 0 saturated heterocycles. The van der Waals surface area contributed by atoms with Gasteiger partial charge in [-0.1, -0.05) is 18.9 Å². The van der Waals surface area contributed by atoms with Crippen molar-refractivity contribution in [3.8, 4) is 0 Å². The molecule has 0 unspecified atom stereocenters. The van der Waals surface area contributed by atoms with Gasteiger partial charge in [-0.2, -0.15) is 4.37 Å². The third-order valence-corrected chi connectivity index (χ3v) is 6.95. The van der Waals surface area contributed by atoms with Crippen LogP contribution in [-0.4, -0.2) is 28.1 Å². The average Bonchev–Trinajstić information content (AvgIpc) is 3.52. The summed E-state index contributed by atoms with van der Waals surface area (Å²) >= 11 is 0.777. The Morgan fingerprint density at radius 1 is 1.11 bits per heavy atom. The molecule has 1 aromatic carbocycles. The summed E-state index contributed by atoms with van der Waals surface area (Å²) in [4.78, 5) is 40.9. The maximum absolute atomic E-state index is 14.0. The predicted molar refractivity (Wildman–Crippen MR) is 134 cm³/mol. The zero-order valence-electron chi connectivity index (χ0n) is 20.0. The van der Waals surface area contributed by atoms with Gasteiger partial charge in [-0.15, -0.1) is 0 Å². The van der Waals surface area contributed by atoms with E-state index in [1.165, 1.54) is 4.90 Å². The smallest absolute Gasteiger partial charge is 0.273 e.